The molecular formula is C12H10F3N5O3. The van der Waals surface area contributed by atoms with Crippen LogP contribution < -0.4 is 11.5 Å². The number of alkyl halides is 3. The second kappa shape index (κ2) is 5.68. The molecule has 2 rings (SSSR count). The molecule has 0 aliphatic carbocycles. The van der Waals surface area contributed by atoms with Crippen LogP contribution in [0, 0.1) is 10.1 Å². The molecule has 0 radical (unpaired) electrons. The number of nitrogens with zero attached hydrogens (tertiary/aromatic N) is 2. The molecule has 0 aliphatic rings. The van der Waals surface area contributed by atoms with E-state index in [1.54, 1.807) is 0 Å². The molecule has 1 amide bonds. The number of nitrogens with two attached hydrogens (primary N) is 2. The summed E-state index contributed by atoms with van der Waals surface area (Å²) in [4.78, 5) is 21.3. The second-order valence-electron chi connectivity index (χ2n) is 4.56. The molecule has 0 aliphatic heterocycles. The maximum absolute atomic E-state index is 12.5. The smallest absolute Gasteiger partial charge is 0.364 e. The molecule has 2 aromatic rings. The Bertz CT molecular complexity index is 754. The first-order valence-electron chi connectivity index (χ1n) is 6.08. The minimum atomic E-state index is -4.61. The van der Waals surface area contributed by atoms with Crippen LogP contribution in [0.5, 0.6) is 0 Å². The first kappa shape index (κ1) is 16.4. The van der Waals surface area contributed by atoms with Crippen molar-refractivity contribution in [3.63, 3.8) is 0 Å². The number of carbonyl (C=O) groups is 1. The van der Waals surface area contributed by atoms with E-state index in [1.807, 2.05) is 0 Å². The summed E-state index contributed by atoms with van der Waals surface area (Å²) in [6, 6.07) is 2.36. The zero-order valence-electron chi connectivity index (χ0n) is 11.3. The number of halogens is 3. The Labute approximate surface area is 126 Å². The average Bonchev–Trinajstić information content (AvgIpc) is 2.91. The number of H-pyrrole nitrogens is 1. The van der Waals surface area contributed by atoms with Gasteiger partial charge in [0.15, 0.2) is 5.69 Å². The van der Waals surface area contributed by atoms with Gasteiger partial charge in [-0.25, -0.2) is 0 Å². The summed E-state index contributed by atoms with van der Waals surface area (Å²) in [5, 5.41) is 16.8. The van der Waals surface area contributed by atoms with Gasteiger partial charge in [-0.1, -0.05) is 24.3 Å². The van der Waals surface area contributed by atoms with Crippen molar-refractivity contribution in [2.24, 2.45) is 11.5 Å². The van der Waals surface area contributed by atoms with Gasteiger partial charge in [0, 0.05) is 5.56 Å². The number of hydrogen-bond acceptors (Lipinski definition) is 5. The van der Waals surface area contributed by atoms with E-state index in [4.69, 9.17) is 11.5 Å². The monoisotopic (exact) mass is 329 g/mol. The molecule has 1 heterocycles. The normalized spacial score (nSPS) is 12.9. The highest BCUT2D eigenvalue weighted by Gasteiger charge is 2.38. The molecule has 0 saturated heterocycles. The Balaban J connectivity index is 2.45. The van der Waals surface area contributed by atoms with Gasteiger partial charge in [0.05, 0.1) is 4.92 Å². The van der Waals surface area contributed by atoms with Crippen molar-refractivity contribution in [3.8, 4) is 11.3 Å². The van der Waals surface area contributed by atoms with Crippen molar-refractivity contribution in [2.75, 3.05) is 0 Å². The molecule has 0 bridgehead atoms. The highest BCUT2D eigenvalue weighted by atomic mass is 19.4. The standard InChI is InChI=1S/C12H10F3N5O3/c13-12(14,15)10(16)6-3-1-5(2-4-6)7-9(20(22)23)8(11(17)21)19-18-7/h1-4,10H,16H2,(H2,17,21)(H,18,19)/t10-/m0/s1. The molecule has 0 fully saturated rings. The molecule has 8 nitrogen and oxygen atoms in total. The van der Waals surface area contributed by atoms with Gasteiger partial charge in [-0.2, -0.15) is 18.3 Å². The highest BCUT2D eigenvalue weighted by molar-refractivity contribution is 5.97. The van der Waals surface area contributed by atoms with E-state index in [0.717, 1.165) is 12.1 Å². The summed E-state index contributed by atoms with van der Waals surface area (Å²) < 4.78 is 37.6. The number of primary amides is 1. The van der Waals surface area contributed by atoms with Crippen molar-refractivity contribution >= 4 is 11.6 Å². The number of amides is 1. The second-order valence-corrected chi connectivity index (χ2v) is 4.56. The molecule has 0 spiro atoms. The average molecular weight is 329 g/mol. The number of hydrogen-bond donors (Lipinski definition) is 3. The fourth-order valence-corrected chi connectivity index (χ4v) is 1.92. The quantitative estimate of drug-likeness (QED) is 0.577. The fraction of sp³-hybridized carbons (Fsp3) is 0.167. The lowest BCUT2D eigenvalue weighted by atomic mass is 10.0. The molecule has 0 saturated carbocycles. The van der Waals surface area contributed by atoms with Gasteiger partial charge in [0.1, 0.15) is 6.04 Å². The van der Waals surface area contributed by atoms with Crippen LogP contribution in [0.3, 0.4) is 0 Å². The molecular weight excluding hydrogens is 319 g/mol. The molecule has 11 heteroatoms. The number of benzene rings is 1. The zero-order valence-corrected chi connectivity index (χ0v) is 11.3. The van der Waals surface area contributed by atoms with E-state index in [2.05, 4.69) is 10.2 Å². The number of aromatic amines is 1. The number of rotatable bonds is 4. The summed E-state index contributed by atoms with van der Waals surface area (Å²) >= 11 is 0. The van der Waals surface area contributed by atoms with Crippen molar-refractivity contribution in [1.82, 2.24) is 10.2 Å². The van der Waals surface area contributed by atoms with Crippen LogP contribution in [0.2, 0.25) is 0 Å². The van der Waals surface area contributed by atoms with Gasteiger partial charge in [-0.05, 0) is 5.56 Å². The van der Waals surface area contributed by atoms with E-state index >= 15 is 0 Å². The maximum atomic E-state index is 12.5. The Morgan fingerprint density at radius 1 is 1.30 bits per heavy atom. The largest absolute Gasteiger partial charge is 0.407 e. The minimum Gasteiger partial charge on any atom is -0.364 e. The van der Waals surface area contributed by atoms with Crippen LogP contribution in [0.15, 0.2) is 24.3 Å². The van der Waals surface area contributed by atoms with Gasteiger partial charge < -0.3 is 11.5 Å². The van der Waals surface area contributed by atoms with E-state index in [0.29, 0.717) is 0 Å². The number of carbonyl (C=O) groups excluding carboxylic acids is 1. The topological polar surface area (TPSA) is 141 Å². The molecule has 0 unspecified atom stereocenters. The molecule has 23 heavy (non-hydrogen) atoms. The first-order valence-corrected chi connectivity index (χ1v) is 6.08. The van der Waals surface area contributed by atoms with Crippen molar-refractivity contribution in [2.45, 2.75) is 12.2 Å². The third kappa shape index (κ3) is 3.13. The minimum absolute atomic E-state index is 0.138. The lowest BCUT2D eigenvalue weighted by Crippen LogP contribution is -2.28. The van der Waals surface area contributed by atoms with Gasteiger partial charge in [0.2, 0.25) is 5.69 Å². The van der Waals surface area contributed by atoms with E-state index < -0.39 is 34.4 Å². The fourth-order valence-electron chi connectivity index (χ4n) is 1.92. The molecule has 1 aromatic heterocycles. The predicted octanol–water partition coefficient (Wildman–Crippen LogP) is 1.65. The number of nitro groups is 1. The molecule has 122 valence electrons. The number of nitrogens with one attached hydrogen (secondary N) is 1. The Hall–Kier alpha value is -2.95. The van der Waals surface area contributed by atoms with Crippen molar-refractivity contribution in [3.05, 3.63) is 45.6 Å². The summed E-state index contributed by atoms with van der Waals surface area (Å²) in [7, 11) is 0. The molecule has 1 aromatic carbocycles. The Morgan fingerprint density at radius 3 is 2.30 bits per heavy atom. The first-order chi connectivity index (χ1) is 10.6. The van der Waals surface area contributed by atoms with Gasteiger partial charge in [-0.15, -0.1) is 0 Å². The van der Waals surface area contributed by atoms with Crippen LogP contribution in [0.25, 0.3) is 11.3 Å². The highest BCUT2D eigenvalue weighted by Crippen LogP contribution is 2.34. The van der Waals surface area contributed by atoms with Crippen LogP contribution in [0.4, 0.5) is 18.9 Å². The Morgan fingerprint density at radius 2 is 1.87 bits per heavy atom. The van der Waals surface area contributed by atoms with Crippen molar-refractivity contribution in [1.29, 1.82) is 0 Å². The SMILES string of the molecule is NC(=O)c1[nH]nc(-c2ccc([C@H](N)C(F)(F)F)cc2)c1[N+](=O)[O-]. The van der Waals surface area contributed by atoms with Crippen LogP contribution in [-0.4, -0.2) is 27.2 Å². The van der Waals surface area contributed by atoms with Crippen LogP contribution >= 0.6 is 0 Å². The third-order valence-corrected chi connectivity index (χ3v) is 3.07. The van der Waals surface area contributed by atoms with Gasteiger partial charge in [0.25, 0.3) is 5.91 Å². The molecule has 5 N–H and O–H groups in total. The zero-order chi connectivity index (χ0) is 17.4. The van der Waals surface area contributed by atoms with Crippen molar-refractivity contribution < 1.29 is 22.9 Å². The maximum Gasteiger partial charge on any atom is 0.407 e. The summed E-state index contributed by atoms with van der Waals surface area (Å²) in [5.41, 5.74) is 8.63. The van der Waals surface area contributed by atoms with Gasteiger partial charge in [-0.3, -0.25) is 20.0 Å². The Kier molecular flexibility index (Phi) is 4.06. The number of aromatic nitrogens is 2. The van der Waals surface area contributed by atoms with E-state index in [9.17, 15) is 28.1 Å². The lowest BCUT2D eigenvalue weighted by molar-refractivity contribution is -0.384. The van der Waals surface area contributed by atoms with Gasteiger partial charge >= 0.3 is 11.9 Å². The van der Waals surface area contributed by atoms with Crippen LogP contribution in [-0.2, 0) is 0 Å². The van der Waals surface area contributed by atoms with E-state index in [1.165, 1.54) is 12.1 Å². The van der Waals surface area contributed by atoms with Crippen LogP contribution in [0.1, 0.15) is 22.1 Å². The summed E-state index contributed by atoms with van der Waals surface area (Å²) in [5.74, 6) is -1.08. The van der Waals surface area contributed by atoms with E-state index in [-0.39, 0.29) is 16.8 Å². The lowest BCUT2D eigenvalue weighted by Gasteiger charge is -2.15. The summed E-state index contributed by atoms with van der Waals surface area (Å²) in [6.45, 7) is 0. The predicted molar refractivity (Wildman–Crippen MR) is 72.2 cm³/mol. The third-order valence-electron chi connectivity index (χ3n) is 3.07. The summed E-state index contributed by atoms with van der Waals surface area (Å²) in [6.07, 6.45) is -4.61. The molecule has 1 atom stereocenters.